The van der Waals surface area contributed by atoms with E-state index in [0.29, 0.717) is 5.75 Å². The Kier molecular flexibility index (Phi) is 4.48. The van der Waals surface area contributed by atoms with E-state index < -0.39 is 0 Å². The first-order valence-corrected chi connectivity index (χ1v) is 10.2. The number of para-hydroxylation sites is 1. The molecule has 0 radical (unpaired) electrons. The van der Waals surface area contributed by atoms with Crippen LogP contribution in [0, 0.1) is 0 Å². The first-order valence-electron chi connectivity index (χ1n) is 8.43. The van der Waals surface area contributed by atoms with Crippen LogP contribution in [0.2, 0.25) is 0 Å². The van der Waals surface area contributed by atoms with Crippen LogP contribution in [0.5, 0.6) is 0 Å². The lowest BCUT2D eigenvalue weighted by Crippen LogP contribution is -2.36. The molecule has 1 unspecified atom stereocenters. The lowest BCUT2D eigenvalue weighted by atomic mass is 10.1. The Bertz CT molecular complexity index is 937. The number of aromatic nitrogens is 2. The van der Waals surface area contributed by atoms with Crippen LogP contribution in [0.4, 0.5) is 5.69 Å². The molecule has 3 heterocycles. The summed E-state index contributed by atoms with van der Waals surface area (Å²) in [6, 6.07) is 10.5. The van der Waals surface area contributed by atoms with Crippen LogP contribution in [0.1, 0.15) is 24.3 Å². The third kappa shape index (κ3) is 3.04. The third-order valence-corrected chi connectivity index (χ3v) is 6.68. The Morgan fingerprint density at radius 3 is 3.04 bits per heavy atom. The van der Waals surface area contributed by atoms with E-state index in [4.69, 9.17) is 0 Å². The first kappa shape index (κ1) is 16.5. The smallest absolute Gasteiger partial charge is 0.237 e. The number of fused-ring (bicyclic) bond motifs is 2. The van der Waals surface area contributed by atoms with Crippen molar-refractivity contribution in [3.63, 3.8) is 0 Å². The number of thioether (sulfide) groups is 1. The zero-order chi connectivity index (χ0) is 17.4. The molecule has 4 nitrogen and oxygen atoms in total. The Labute approximate surface area is 155 Å². The van der Waals surface area contributed by atoms with Crippen molar-refractivity contribution in [2.75, 3.05) is 10.7 Å². The van der Waals surface area contributed by atoms with Crippen molar-refractivity contribution in [1.82, 2.24) is 9.97 Å². The number of aryl methyl sites for hydroxylation is 1. The summed E-state index contributed by atoms with van der Waals surface area (Å²) in [7, 11) is 0. The van der Waals surface area contributed by atoms with Gasteiger partial charge in [0.2, 0.25) is 5.91 Å². The van der Waals surface area contributed by atoms with E-state index in [0.717, 1.165) is 33.8 Å². The molecule has 3 aromatic rings. The van der Waals surface area contributed by atoms with Gasteiger partial charge in [-0.15, -0.1) is 11.3 Å². The molecule has 6 heteroatoms. The fourth-order valence-corrected chi connectivity index (χ4v) is 5.15. The van der Waals surface area contributed by atoms with Gasteiger partial charge in [0, 0.05) is 22.0 Å². The Morgan fingerprint density at radius 1 is 1.36 bits per heavy atom. The van der Waals surface area contributed by atoms with Crippen LogP contribution in [0.25, 0.3) is 10.2 Å². The predicted octanol–water partition coefficient (Wildman–Crippen LogP) is 4.32. The van der Waals surface area contributed by atoms with E-state index in [2.05, 4.69) is 35.9 Å². The molecule has 0 saturated heterocycles. The van der Waals surface area contributed by atoms with E-state index in [1.165, 1.54) is 22.2 Å². The molecule has 2 aromatic heterocycles. The highest BCUT2D eigenvalue weighted by atomic mass is 32.2. The summed E-state index contributed by atoms with van der Waals surface area (Å²) in [4.78, 5) is 25.8. The maximum absolute atomic E-state index is 12.9. The first-order chi connectivity index (χ1) is 12.2. The Balaban J connectivity index is 1.54. The molecule has 0 saturated carbocycles. The molecule has 0 aliphatic carbocycles. The monoisotopic (exact) mass is 369 g/mol. The number of nitrogens with zero attached hydrogens (tertiary/aromatic N) is 3. The number of carbonyl (C=O) groups excluding carboxylic acids is 1. The number of amides is 1. The number of hydrogen-bond donors (Lipinski definition) is 0. The van der Waals surface area contributed by atoms with Gasteiger partial charge in [-0.1, -0.05) is 36.9 Å². The molecular formula is C19H19N3OS2. The molecule has 0 bridgehead atoms. The van der Waals surface area contributed by atoms with Crippen molar-refractivity contribution < 1.29 is 4.79 Å². The van der Waals surface area contributed by atoms with Gasteiger partial charge in [0.1, 0.15) is 16.2 Å². The third-order valence-electron chi connectivity index (χ3n) is 4.50. The number of hydrogen-bond acceptors (Lipinski definition) is 5. The van der Waals surface area contributed by atoms with Gasteiger partial charge in [0.05, 0.1) is 5.75 Å². The van der Waals surface area contributed by atoms with Gasteiger partial charge in [0.15, 0.2) is 0 Å². The largest absolute Gasteiger partial charge is 0.308 e. The molecular weight excluding hydrogens is 350 g/mol. The number of thiophene rings is 1. The second-order valence-electron chi connectivity index (χ2n) is 6.20. The fourth-order valence-electron chi connectivity index (χ4n) is 3.32. The molecule has 1 aliphatic heterocycles. The predicted molar refractivity (Wildman–Crippen MR) is 105 cm³/mol. The van der Waals surface area contributed by atoms with Crippen LogP contribution in [0.15, 0.2) is 41.7 Å². The minimum Gasteiger partial charge on any atom is -0.308 e. The lowest BCUT2D eigenvalue weighted by molar-refractivity contribution is -0.116. The maximum Gasteiger partial charge on any atom is 0.237 e. The lowest BCUT2D eigenvalue weighted by Gasteiger charge is -2.22. The summed E-state index contributed by atoms with van der Waals surface area (Å²) >= 11 is 3.21. The van der Waals surface area contributed by atoms with Crippen molar-refractivity contribution in [2.24, 2.45) is 0 Å². The molecule has 1 amide bonds. The zero-order valence-electron chi connectivity index (χ0n) is 14.2. The van der Waals surface area contributed by atoms with Crippen molar-refractivity contribution in [3.05, 3.63) is 47.1 Å². The molecule has 1 atom stereocenters. The molecule has 0 fully saturated rings. The van der Waals surface area contributed by atoms with Gasteiger partial charge in [-0.25, -0.2) is 9.97 Å². The topological polar surface area (TPSA) is 46.1 Å². The number of anilines is 1. The summed E-state index contributed by atoms with van der Waals surface area (Å²) in [6.07, 6.45) is 3.51. The minimum absolute atomic E-state index is 0.139. The van der Waals surface area contributed by atoms with Crippen molar-refractivity contribution >= 4 is 44.9 Å². The fraction of sp³-hybridized carbons (Fsp3) is 0.316. The Hall–Kier alpha value is -1.92. The molecule has 0 N–H and O–H groups in total. The summed E-state index contributed by atoms with van der Waals surface area (Å²) in [5, 5.41) is 1.96. The highest BCUT2D eigenvalue weighted by molar-refractivity contribution is 8.00. The van der Waals surface area contributed by atoms with E-state index in [-0.39, 0.29) is 11.9 Å². The van der Waals surface area contributed by atoms with Gasteiger partial charge < -0.3 is 4.90 Å². The molecule has 4 rings (SSSR count). The van der Waals surface area contributed by atoms with Crippen LogP contribution >= 0.6 is 23.1 Å². The van der Waals surface area contributed by atoms with E-state index in [1.54, 1.807) is 17.7 Å². The quantitative estimate of drug-likeness (QED) is 0.507. The van der Waals surface area contributed by atoms with Gasteiger partial charge in [0.25, 0.3) is 0 Å². The summed E-state index contributed by atoms with van der Waals surface area (Å²) < 4.78 is 0. The second-order valence-corrected chi connectivity index (χ2v) is 8.28. The standard InChI is InChI=1S/C19H19N3OS2/c1-3-14-9-15-18(20-11-21-19(15)25-14)24-10-17(23)22-12(2)8-13-6-4-5-7-16(13)22/h4-7,9,11-12H,3,8,10H2,1-2H3. The van der Waals surface area contributed by atoms with Gasteiger partial charge in [-0.2, -0.15) is 0 Å². The van der Waals surface area contributed by atoms with E-state index in [1.807, 2.05) is 23.1 Å². The average molecular weight is 370 g/mol. The van der Waals surface area contributed by atoms with E-state index in [9.17, 15) is 4.79 Å². The SMILES string of the molecule is CCc1cc2c(SCC(=O)N3c4ccccc4CC3C)ncnc2s1. The Morgan fingerprint density at radius 2 is 2.20 bits per heavy atom. The summed E-state index contributed by atoms with van der Waals surface area (Å²) in [5.41, 5.74) is 2.31. The molecule has 128 valence electrons. The second kappa shape index (κ2) is 6.77. The van der Waals surface area contributed by atoms with Crippen LogP contribution in [-0.2, 0) is 17.6 Å². The maximum atomic E-state index is 12.9. The van der Waals surface area contributed by atoms with Gasteiger partial charge in [-0.3, -0.25) is 4.79 Å². The normalized spacial score (nSPS) is 16.4. The summed E-state index contributed by atoms with van der Waals surface area (Å²) in [5.74, 6) is 0.530. The minimum atomic E-state index is 0.139. The molecule has 25 heavy (non-hydrogen) atoms. The number of carbonyl (C=O) groups is 1. The molecule has 1 aromatic carbocycles. The van der Waals surface area contributed by atoms with Crippen molar-refractivity contribution in [1.29, 1.82) is 0 Å². The highest BCUT2D eigenvalue weighted by Crippen LogP contribution is 2.34. The van der Waals surface area contributed by atoms with Crippen molar-refractivity contribution in [2.45, 2.75) is 37.8 Å². The van der Waals surface area contributed by atoms with E-state index >= 15 is 0 Å². The van der Waals surface area contributed by atoms with Crippen LogP contribution in [-0.4, -0.2) is 27.7 Å². The number of rotatable bonds is 4. The molecule has 1 aliphatic rings. The van der Waals surface area contributed by atoms with Crippen molar-refractivity contribution in [3.8, 4) is 0 Å². The molecule has 0 spiro atoms. The van der Waals surface area contributed by atoms with Crippen LogP contribution in [0.3, 0.4) is 0 Å². The zero-order valence-corrected chi connectivity index (χ0v) is 15.9. The summed E-state index contributed by atoms with van der Waals surface area (Å²) in [6.45, 7) is 4.25. The van der Waals surface area contributed by atoms with Gasteiger partial charge >= 0.3 is 0 Å². The highest BCUT2D eigenvalue weighted by Gasteiger charge is 2.30. The average Bonchev–Trinajstić information content (AvgIpc) is 3.19. The van der Waals surface area contributed by atoms with Crippen LogP contribution < -0.4 is 4.90 Å². The number of benzene rings is 1. The van der Waals surface area contributed by atoms with Gasteiger partial charge in [-0.05, 0) is 37.5 Å².